The van der Waals surface area contributed by atoms with Crippen molar-refractivity contribution in [1.29, 1.82) is 0 Å². The van der Waals surface area contributed by atoms with Crippen LogP contribution in [0, 0.1) is 23.7 Å². The first-order valence-corrected chi connectivity index (χ1v) is 22.4. The summed E-state index contributed by atoms with van der Waals surface area (Å²) in [5.41, 5.74) is 22.8. The molecule has 286 valence electrons. The van der Waals surface area contributed by atoms with Gasteiger partial charge in [0.05, 0.1) is 11.1 Å². The topological polar surface area (TPSA) is 3.24 Å². The quantitative estimate of drug-likeness (QED) is 0.172. The average molecular weight is 768 g/mol. The van der Waals surface area contributed by atoms with Crippen LogP contribution in [0.25, 0.3) is 44.5 Å². The Bertz CT molecular complexity index is 2990. The standard InChI is InChI=1S/C59H45N/c1-2-14-42(15-3-1)60(43-27-28-49-47-19-6-12-24-54(47)59(56(49)36-43)52-22-10-4-17-45(52)46-18-5-11-23-53(46)59)57-25-13-8-16-44(57)39-26-29-55-50(35-39)48-20-7-9-21-51(48)58(55)40-31-37-30-38(33-40)34-41(58)32-37/h1-29,35-38,40-41H,30-34H2. The molecule has 0 saturated heterocycles. The molecule has 8 aromatic carbocycles. The van der Waals surface area contributed by atoms with Crippen LogP contribution >= 0.6 is 0 Å². The van der Waals surface area contributed by atoms with Crippen LogP contribution in [0.3, 0.4) is 0 Å². The van der Waals surface area contributed by atoms with Gasteiger partial charge in [-0.3, -0.25) is 0 Å². The minimum Gasteiger partial charge on any atom is -0.310 e. The Morgan fingerprint density at radius 2 is 0.817 bits per heavy atom. The van der Waals surface area contributed by atoms with Gasteiger partial charge in [-0.15, -0.1) is 0 Å². The van der Waals surface area contributed by atoms with Crippen LogP contribution in [-0.2, 0) is 10.8 Å². The van der Waals surface area contributed by atoms with Crippen LogP contribution < -0.4 is 4.90 Å². The van der Waals surface area contributed by atoms with Crippen molar-refractivity contribution in [3.8, 4) is 44.5 Å². The molecule has 0 atom stereocenters. The van der Waals surface area contributed by atoms with Gasteiger partial charge in [-0.25, -0.2) is 0 Å². The van der Waals surface area contributed by atoms with Crippen molar-refractivity contribution in [2.75, 3.05) is 4.90 Å². The first-order valence-electron chi connectivity index (χ1n) is 22.4. The molecule has 15 rings (SSSR count). The van der Waals surface area contributed by atoms with Gasteiger partial charge in [-0.1, -0.05) is 152 Å². The predicted molar refractivity (Wildman–Crippen MR) is 246 cm³/mol. The monoisotopic (exact) mass is 767 g/mol. The zero-order valence-electron chi connectivity index (χ0n) is 33.7. The Labute approximate surface area is 353 Å². The van der Waals surface area contributed by atoms with Crippen molar-refractivity contribution in [3.63, 3.8) is 0 Å². The molecule has 4 bridgehead atoms. The van der Waals surface area contributed by atoms with E-state index in [0.717, 1.165) is 29.4 Å². The Morgan fingerprint density at radius 1 is 0.333 bits per heavy atom. The molecule has 0 aromatic heterocycles. The van der Waals surface area contributed by atoms with E-state index in [1.807, 2.05) is 0 Å². The fourth-order valence-electron chi connectivity index (χ4n) is 14.5. The van der Waals surface area contributed by atoms with Gasteiger partial charge in [0.1, 0.15) is 0 Å². The second-order valence-electron chi connectivity index (χ2n) is 18.8. The van der Waals surface area contributed by atoms with E-state index in [-0.39, 0.29) is 5.41 Å². The summed E-state index contributed by atoms with van der Waals surface area (Å²) in [4.78, 5) is 2.51. The minimum atomic E-state index is -0.405. The molecule has 0 heterocycles. The third kappa shape index (κ3) is 4.13. The summed E-state index contributed by atoms with van der Waals surface area (Å²) in [6.07, 6.45) is 7.09. The molecule has 7 aliphatic rings. The van der Waals surface area contributed by atoms with E-state index in [9.17, 15) is 0 Å². The molecule has 8 aromatic rings. The van der Waals surface area contributed by atoms with Gasteiger partial charge in [0.25, 0.3) is 0 Å². The van der Waals surface area contributed by atoms with Crippen LogP contribution in [0.5, 0.6) is 0 Å². The van der Waals surface area contributed by atoms with Crippen molar-refractivity contribution < 1.29 is 0 Å². The second-order valence-corrected chi connectivity index (χ2v) is 18.8. The van der Waals surface area contributed by atoms with Crippen molar-refractivity contribution in [2.45, 2.75) is 42.9 Å². The molecule has 2 spiro atoms. The number of benzene rings is 8. The fourth-order valence-corrected chi connectivity index (χ4v) is 14.5. The summed E-state index contributed by atoms with van der Waals surface area (Å²) in [6, 6.07) is 71.9. The lowest BCUT2D eigenvalue weighted by Gasteiger charge is -2.61. The number of nitrogens with zero attached hydrogens (tertiary/aromatic N) is 1. The highest BCUT2D eigenvalue weighted by atomic mass is 15.1. The van der Waals surface area contributed by atoms with Gasteiger partial charge in [-0.2, -0.15) is 0 Å². The zero-order valence-corrected chi connectivity index (χ0v) is 33.7. The van der Waals surface area contributed by atoms with Gasteiger partial charge in [0.15, 0.2) is 0 Å². The van der Waals surface area contributed by atoms with E-state index in [2.05, 4.69) is 193 Å². The summed E-state index contributed by atoms with van der Waals surface area (Å²) in [5.74, 6) is 3.39. The maximum absolute atomic E-state index is 2.57. The van der Waals surface area contributed by atoms with E-state index < -0.39 is 5.41 Å². The van der Waals surface area contributed by atoms with Crippen LogP contribution in [0.2, 0.25) is 0 Å². The molecule has 0 unspecified atom stereocenters. The van der Waals surface area contributed by atoms with E-state index in [1.54, 1.807) is 11.1 Å². The van der Waals surface area contributed by atoms with Crippen molar-refractivity contribution in [2.24, 2.45) is 23.7 Å². The highest BCUT2D eigenvalue weighted by Gasteiger charge is 2.61. The first-order chi connectivity index (χ1) is 29.7. The van der Waals surface area contributed by atoms with Crippen LogP contribution in [-0.4, -0.2) is 0 Å². The number of anilines is 3. The van der Waals surface area contributed by atoms with Crippen molar-refractivity contribution >= 4 is 17.1 Å². The predicted octanol–water partition coefficient (Wildman–Crippen LogP) is 14.9. The van der Waals surface area contributed by atoms with Gasteiger partial charge < -0.3 is 4.90 Å². The smallest absolute Gasteiger partial charge is 0.0726 e. The van der Waals surface area contributed by atoms with Crippen LogP contribution in [0.4, 0.5) is 17.1 Å². The minimum absolute atomic E-state index is 0.170. The summed E-state index contributed by atoms with van der Waals surface area (Å²) in [7, 11) is 0. The Kier molecular flexibility index (Phi) is 6.72. The highest BCUT2D eigenvalue weighted by molar-refractivity contribution is 5.97. The number of hydrogen-bond acceptors (Lipinski definition) is 1. The third-order valence-corrected chi connectivity index (χ3v) is 16.3. The first kappa shape index (κ1) is 33.4. The van der Waals surface area contributed by atoms with E-state index in [1.165, 1.54) is 110 Å². The molecule has 0 amide bonds. The lowest BCUT2D eigenvalue weighted by molar-refractivity contribution is -0.0399. The number of hydrogen-bond donors (Lipinski definition) is 0. The molecule has 4 fully saturated rings. The fraction of sp³-hybridized carbons (Fsp3) is 0.186. The summed E-state index contributed by atoms with van der Waals surface area (Å²) in [5, 5.41) is 0. The normalized spacial score (nSPS) is 23.5. The average Bonchev–Trinajstić information content (AvgIpc) is 3.88. The lowest BCUT2D eigenvalue weighted by atomic mass is 9.43. The van der Waals surface area contributed by atoms with Crippen molar-refractivity contribution in [3.05, 3.63) is 221 Å². The SMILES string of the molecule is c1ccc(N(c2ccc3c(c2)C2(c4ccccc4-c4ccccc42)c2ccccc2-3)c2ccccc2-c2ccc3c(c2)-c2ccccc2C32C3CC4CC(C3)CC2C4)cc1. The Hall–Kier alpha value is -6.44. The largest absolute Gasteiger partial charge is 0.310 e. The maximum Gasteiger partial charge on any atom is 0.0726 e. The summed E-state index contributed by atoms with van der Waals surface area (Å²) in [6.45, 7) is 0. The Morgan fingerprint density at radius 3 is 1.43 bits per heavy atom. The van der Waals surface area contributed by atoms with E-state index in [4.69, 9.17) is 0 Å². The molecule has 4 saturated carbocycles. The summed E-state index contributed by atoms with van der Waals surface area (Å²) < 4.78 is 0. The van der Waals surface area contributed by atoms with Gasteiger partial charge in [0, 0.05) is 22.4 Å². The number of para-hydroxylation sites is 2. The zero-order chi connectivity index (χ0) is 39.2. The van der Waals surface area contributed by atoms with Gasteiger partial charge >= 0.3 is 0 Å². The molecule has 1 heteroatoms. The lowest BCUT2D eigenvalue weighted by Crippen LogP contribution is -2.55. The van der Waals surface area contributed by atoms with E-state index >= 15 is 0 Å². The van der Waals surface area contributed by atoms with Crippen LogP contribution in [0.15, 0.2) is 188 Å². The number of rotatable bonds is 4. The maximum atomic E-state index is 2.57. The van der Waals surface area contributed by atoms with Gasteiger partial charge in [-0.05, 0) is 164 Å². The van der Waals surface area contributed by atoms with Crippen molar-refractivity contribution in [1.82, 2.24) is 0 Å². The molecule has 0 N–H and O–H groups in total. The van der Waals surface area contributed by atoms with Gasteiger partial charge in [0.2, 0.25) is 0 Å². The Balaban J connectivity index is 0.968. The highest BCUT2D eigenvalue weighted by Crippen LogP contribution is 2.70. The molecule has 7 aliphatic carbocycles. The summed E-state index contributed by atoms with van der Waals surface area (Å²) >= 11 is 0. The molecule has 0 aliphatic heterocycles. The van der Waals surface area contributed by atoms with E-state index in [0.29, 0.717) is 0 Å². The molecular weight excluding hydrogens is 723 g/mol. The third-order valence-electron chi connectivity index (χ3n) is 16.3. The molecule has 0 radical (unpaired) electrons. The number of fused-ring (bicyclic) bond motifs is 13. The second kappa shape index (κ2) is 12.1. The molecule has 60 heavy (non-hydrogen) atoms. The molecular formula is C59H45N. The van der Waals surface area contributed by atoms with Crippen LogP contribution in [0.1, 0.15) is 65.5 Å². The molecule has 1 nitrogen and oxygen atoms in total.